The Kier molecular flexibility index (Phi) is 4.14. The summed E-state index contributed by atoms with van der Waals surface area (Å²) in [6.07, 6.45) is 2.16. The monoisotopic (exact) mass is 274 g/mol. The summed E-state index contributed by atoms with van der Waals surface area (Å²) in [6.45, 7) is 2.03. The van der Waals surface area contributed by atoms with Crippen LogP contribution in [-0.4, -0.2) is 28.4 Å². The number of hydrogen-bond donors (Lipinski definition) is 1. The summed E-state index contributed by atoms with van der Waals surface area (Å²) in [5.41, 5.74) is 1.04. The Morgan fingerprint density at radius 3 is 2.75 bits per heavy atom. The third-order valence-electron chi connectivity index (χ3n) is 2.76. The fourth-order valence-corrected chi connectivity index (χ4v) is 1.68. The third-order valence-corrected chi connectivity index (χ3v) is 2.76. The van der Waals surface area contributed by atoms with Gasteiger partial charge in [-0.05, 0) is 30.2 Å². The smallest absolute Gasteiger partial charge is 0.341 e. The standard InChI is InChI=1S/C14H14N2O4/c1-3-9-4-5-11(12(8-9)19-2)20-13-10(14(17)18)6-7-15-16-13/h4-8H,3H2,1-2H3,(H,17,18). The van der Waals surface area contributed by atoms with Crippen molar-refractivity contribution in [2.75, 3.05) is 7.11 Å². The Morgan fingerprint density at radius 2 is 2.10 bits per heavy atom. The van der Waals surface area contributed by atoms with Crippen molar-refractivity contribution < 1.29 is 19.4 Å². The molecule has 0 aliphatic carbocycles. The third kappa shape index (κ3) is 2.85. The number of nitrogens with zero attached hydrogens (tertiary/aromatic N) is 2. The summed E-state index contributed by atoms with van der Waals surface area (Å²) in [5, 5.41) is 16.4. The van der Waals surface area contributed by atoms with Crippen molar-refractivity contribution in [2.24, 2.45) is 0 Å². The van der Waals surface area contributed by atoms with Gasteiger partial charge in [0.05, 0.1) is 13.3 Å². The van der Waals surface area contributed by atoms with Gasteiger partial charge < -0.3 is 14.6 Å². The number of ether oxygens (including phenoxy) is 2. The maximum absolute atomic E-state index is 11.1. The largest absolute Gasteiger partial charge is 0.493 e. The van der Waals surface area contributed by atoms with Crippen LogP contribution in [-0.2, 0) is 6.42 Å². The molecule has 2 aromatic rings. The first-order valence-electron chi connectivity index (χ1n) is 6.05. The summed E-state index contributed by atoms with van der Waals surface area (Å²) in [5.74, 6) is -0.277. The van der Waals surface area contributed by atoms with Crippen LogP contribution >= 0.6 is 0 Å². The van der Waals surface area contributed by atoms with Crippen molar-refractivity contribution in [3.8, 4) is 17.4 Å². The Hall–Kier alpha value is -2.63. The quantitative estimate of drug-likeness (QED) is 0.902. The Labute approximate surface area is 116 Å². The number of aromatic nitrogens is 2. The second-order valence-electron chi connectivity index (χ2n) is 4.00. The van der Waals surface area contributed by atoms with E-state index < -0.39 is 5.97 Å². The van der Waals surface area contributed by atoms with Crippen LogP contribution < -0.4 is 9.47 Å². The number of methoxy groups -OCH3 is 1. The fraction of sp³-hybridized carbons (Fsp3) is 0.214. The molecule has 0 saturated carbocycles. The number of benzene rings is 1. The molecule has 1 aromatic carbocycles. The van der Waals surface area contributed by atoms with E-state index in [1.165, 1.54) is 19.4 Å². The SMILES string of the molecule is CCc1ccc(Oc2nnccc2C(=O)O)c(OC)c1. The molecule has 2 rings (SSSR count). The van der Waals surface area contributed by atoms with Gasteiger partial charge in [0.2, 0.25) is 0 Å². The molecule has 0 spiro atoms. The predicted octanol–water partition coefficient (Wildman–Crippen LogP) is 2.54. The van der Waals surface area contributed by atoms with Gasteiger partial charge >= 0.3 is 5.97 Å². The molecule has 0 unspecified atom stereocenters. The second kappa shape index (κ2) is 6.01. The topological polar surface area (TPSA) is 81.5 Å². The minimum Gasteiger partial charge on any atom is -0.493 e. The van der Waals surface area contributed by atoms with Crippen molar-refractivity contribution in [1.82, 2.24) is 10.2 Å². The van der Waals surface area contributed by atoms with Gasteiger partial charge in [-0.2, -0.15) is 5.10 Å². The van der Waals surface area contributed by atoms with E-state index in [-0.39, 0.29) is 11.4 Å². The van der Waals surface area contributed by atoms with Gasteiger partial charge in [0.1, 0.15) is 5.56 Å². The zero-order chi connectivity index (χ0) is 14.5. The van der Waals surface area contributed by atoms with Crippen LogP contribution in [0.5, 0.6) is 17.4 Å². The number of carboxylic acids is 1. The van der Waals surface area contributed by atoms with Gasteiger partial charge in [-0.3, -0.25) is 0 Å². The molecule has 6 nitrogen and oxygen atoms in total. The average Bonchev–Trinajstić information content (AvgIpc) is 2.48. The first-order valence-corrected chi connectivity index (χ1v) is 6.05. The minimum absolute atomic E-state index is 0.0541. The van der Waals surface area contributed by atoms with Crippen LogP contribution in [0.1, 0.15) is 22.8 Å². The van der Waals surface area contributed by atoms with Gasteiger partial charge in [0, 0.05) is 0 Å². The molecule has 0 aliphatic rings. The van der Waals surface area contributed by atoms with E-state index in [2.05, 4.69) is 10.2 Å². The lowest BCUT2D eigenvalue weighted by molar-refractivity contribution is 0.0693. The van der Waals surface area contributed by atoms with Crippen molar-refractivity contribution in [3.05, 3.63) is 41.6 Å². The summed E-state index contributed by atoms with van der Waals surface area (Å²) >= 11 is 0. The van der Waals surface area contributed by atoms with Crippen LogP contribution in [0.4, 0.5) is 0 Å². The highest BCUT2D eigenvalue weighted by Crippen LogP contribution is 2.32. The molecule has 1 heterocycles. The molecule has 6 heteroatoms. The summed E-state index contributed by atoms with van der Waals surface area (Å²) in [4.78, 5) is 11.1. The zero-order valence-electron chi connectivity index (χ0n) is 11.2. The highest BCUT2D eigenvalue weighted by Gasteiger charge is 2.15. The fourth-order valence-electron chi connectivity index (χ4n) is 1.68. The van der Waals surface area contributed by atoms with Crippen molar-refractivity contribution in [1.29, 1.82) is 0 Å². The summed E-state index contributed by atoms with van der Waals surface area (Å²) < 4.78 is 10.8. The molecule has 0 amide bonds. The Bertz CT molecular complexity index is 628. The number of hydrogen-bond acceptors (Lipinski definition) is 5. The lowest BCUT2D eigenvalue weighted by atomic mass is 10.1. The maximum Gasteiger partial charge on any atom is 0.341 e. The molecule has 0 atom stereocenters. The molecule has 0 radical (unpaired) electrons. The number of aryl methyl sites for hydroxylation is 1. The highest BCUT2D eigenvalue weighted by atomic mass is 16.5. The molecular weight excluding hydrogens is 260 g/mol. The van der Waals surface area contributed by atoms with Gasteiger partial charge in [-0.25, -0.2) is 4.79 Å². The predicted molar refractivity (Wildman–Crippen MR) is 71.4 cm³/mol. The van der Waals surface area contributed by atoms with E-state index in [1.807, 2.05) is 19.1 Å². The normalized spacial score (nSPS) is 10.1. The number of aromatic carboxylic acids is 1. The minimum atomic E-state index is -1.13. The number of rotatable bonds is 5. The van der Waals surface area contributed by atoms with Crippen LogP contribution in [0.15, 0.2) is 30.5 Å². The lowest BCUT2D eigenvalue weighted by Crippen LogP contribution is -2.03. The molecule has 0 aliphatic heterocycles. The number of carbonyl (C=O) groups is 1. The molecule has 1 N–H and O–H groups in total. The first kappa shape index (κ1) is 13.8. The van der Waals surface area contributed by atoms with Gasteiger partial charge in [0.15, 0.2) is 11.5 Å². The molecular formula is C14H14N2O4. The van der Waals surface area contributed by atoms with E-state index >= 15 is 0 Å². The maximum atomic E-state index is 11.1. The molecule has 0 saturated heterocycles. The molecule has 0 fully saturated rings. The second-order valence-corrected chi connectivity index (χ2v) is 4.00. The van der Waals surface area contributed by atoms with Gasteiger partial charge in [-0.15, -0.1) is 5.10 Å². The average molecular weight is 274 g/mol. The van der Waals surface area contributed by atoms with Crippen LogP contribution in [0.25, 0.3) is 0 Å². The summed E-state index contributed by atoms with van der Waals surface area (Å²) in [6, 6.07) is 6.77. The Balaban J connectivity index is 2.37. The Morgan fingerprint density at radius 1 is 1.30 bits per heavy atom. The van der Waals surface area contributed by atoms with Crippen molar-refractivity contribution in [3.63, 3.8) is 0 Å². The van der Waals surface area contributed by atoms with Crippen LogP contribution in [0, 0.1) is 0 Å². The molecule has 104 valence electrons. The van der Waals surface area contributed by atoms with Gasteiger partial charge in [0.25, 0.3) is 5.88 Å². The van der Waals surface area contributed by atoms with Crippen molar-refractivity contribution >= 4 is 5.97 Å². The first-order chi connectivity index (χ1) is 9.65. The molecule has 0 bridgehead atoms. The molecule has 1 aromatic heterocycles. The van der Waals surface area contributed by atoms with Crippen LogP contribution in [0.2, 0.25) is 0 Å². The highest BCUT2D eigenvalue weighted by molar-refractivity contribution is 5.90. The summed E-state index contributed by atoms with van der Waals surface area (Å²) in [7, 11) is 1.52. The lowest BCUT2D eigenvalue weighted by Gasteiger charge is -2.11. The van der Waals surface area contributed by atoms with E-state index in [9.17, 15) is 4.79 Å². The molecule has 20 heavy (non-hydrogen) atoms. The van der Waals surface area contributed by atoms with E-state index in [0.29, 0.717) is 11.5 Å². The van der Waals surface area contributed by atoms with E-state index in [4.69, 9.17) is 14.6 Å². The zero-order valence-corrected chi connectivity index (χ0v) is 11.2. The van der Waals surface area contributed by atoms with Crippen molar-refractivity contribution in [2.45, 2.75) is 13.3 Å². The number of carboxylic acid groups (broad SMARTS) is 1. The van der Waals surface area contributed by atoms with Crippen LogP contribution in [0.3, 0.4) is 0 Å². The van der Waals surface area contributed by atoms with E-state index in [1.54, 1.807) is 6.07 Å². The van der Waals surface area contributed by atoms with E-state index in [0.717, 1.165) is 12.0 Å². The van der Waals surface area contributed by atoms with Gasteiger partial charge in [-0.1, -0.05) is 13.0 Å².